The summed E-state index contributed by atoms with van der Waals surface area (Å²) in [5, 5.41) is 9.82. The number of anilines is 1. The van der Waals surface area contributed by atoms with Gasteiger partial charge in [0.15, 0.2) is 5.82 Å². The van der Waals surface area contributed by atoms with Crippen LogP contribution >= 0.6 is 0 Å². The van der Waals surface area contributed by atoms with E-state index in [1.807, 2.05) is 6.92 Å². The van der Waals surface area contributed by atoms with Gasteiger partial charge in [0.2, 0.25) is 5.91 Å². The molecule has 0 bridgehead atoms. The predicted molar refractivity (Wildman–Crippen MR) is 75.5 cm³/mol. The van der Waals surface area contributed by atoms with E-state index in [4.69, 9.17) is 0 Å². The highest BCUT2D eigenvalue weighted by molar-refractivity contribution is 5.93. The van der Waals surface area contributed by atoms with E-state index >= 15 is 0 Å². The fraction of sp³-hybridized carbons (Fsp3) is 0.357. The van der Waals surface area contributed by atoms with Crippen LogP contribution in [0.3, 0.4) is 0 Å². The summed E-state index contributed by atoms with van der Waals surface area (Å²) in [6.07, 6.45) is 2.76. The molecule has 1 aliphatic rings. The van der Waals surface area contributed by atoms with Gasteiger partial charge in [-0.1, -0.05) is 6.92 Å². The van der Waals surface area contributed by atoms with Gasteiger partial charge in [-0.05, 0) is 30.7 Å². The molecule has 1 amide bonds. The van der Waals surface area contributed by atoms with Crippen molar-refractivity contribution in [3.8, 4) is 5.69 Å². The average molecular weight is 289 g/mol. The lowest BCUT2D eigenvalue weighted by Crippen LogP contribution is -2.27. The largest absolute Gasteiger partial charge is 0.326 e. The van der Waals surface area contributed by atoms with Gasteiger partial charge in [-0.25, -0.2) is 14.1 Å². The Kier molecular flexibility index (Phi) is 3.66. The molecule has 0 spiro atoms. The van der Waals surface area contributed by atoms with E-state index in [9.17, 15) is 9.18 Å². The second kappa shape index (κ2) is 5.61. The Bertz CT molecular complexity index is 643. The molecule has 110 valence electrons. The van der Waals surface area contributed by atoms with Crippen molar-refractivity contribution in [3.63, 3.8) is 0 Å². The summed E-state index contributed by atoms with van der Waals surface area (Å²) in [6, 6.07) is 4.52. The number of benzene rings is 1. The van der Waals surface area contributed by atoms with Gasteiger partial charge in [-0.3, -0.25) is 4.79 Å². The highest BCUT2D eigenvalue weighted by Crippen LogP contribution is 2.21. The third-order valence-corrected chi connectivity index (χ3v) is 3.74. The maximum atomic E-state index is 14.1. The van der Waals surface area contributed by atoms with Crippen LogP contribution in [0, 0.1) is 17.7 Å². The van der Waals surface area contributed by atoms with Crippen LogP contribution in [0.25, 0.3) is 5.69 Å². The Labute approximate surface area is 121 Å². The molecule has 2 atom stereocenters. The zero-order chi connectivity index (χ0) is 14.8. The standard InChI is InChI=1S/C14H16FN5O/c1-9-5-16-6-11(9)14(21)19-10-2-3-13(12(15)4-10)20-8-17-7-18-20/h2-4,7-9,11,16H,5-6H2,1H3,(H,19,21)/t9-,11-/m1/s1. The van der Waals surface area contributed by atoms with Crippen molar-refractivity contribution in [3.05, 3.63) is 36.7 Å². The van der Waals surface area contributed by atoms with E-state index in [0.29, 0.717) is 17.9 Å². The average Bonchev–Trinajstić information content (AvgIpc) is 3.10. The number of carbonyl (C=O) groups is 1. The summed E-state index contributed by atoms with van der Waals surface area (Å²) >= 11 is 0. The Hall–Kier alpha value is -2.28. The van der Waals surface area contributed by atoms with Gasteiger partial charge in [0.25, 0.3) is 0 Å². The molecule has 1 saturated heterocycles. The van der Waals surface area contributed by atoms with Gasteiger partial charge in [-0.15, -0.1) is 0 Å². The minimum atomic E-state index is -0.462. The Morgan fingerprint density at radius 1 is 1.48 bits per heavy atom. The molecule has 2 heterocycles. The lowest BCUT2D eigenvalue weighted by molar-refractivity contribution is -0.120. The van der Waals surface area contributed by atoms with Crippen LogP contribution < -0.4 is 10.6 Å². The van der Waals surface area contributed by atoms with Crippen molar-refractivity contribution in [2.45, 2.75) is 6.92 Å². The summed E-state index contributed by atoms with van der Waals surface area (Å²) in [5.74, 6) is -0.344. The van der Waals surface area contributed by atoms with E-state index in [2.05, 4.69) is 20.7 Å². The van der Waals surface area contributed by atoms with E-state index in [-0.39, 0.29) is 17.7 Å². The molecule has 1 aromatic carbocycles. The zero-order valence-corrected chi connectivity index (χ0v) is 11.6. The molecule has 0 aliphatic carbocycles. The van der Waals surface area contributed by atoms with Crippen LogP contribution in [0.15, 0.2) is 30.9 Å². The van der Waals surface area contributed by atoms with Crippen LogP contribution in [-0.2, 0) is 4.79 Å². The second-order valence-electron chi connectivity index (χ2n) is 5.24. The number of hydrogen-bond acceptors (Lipinski definition) is 4. The van der Waals surface area contributed by atoms with Crippen LogP contribution in [0.4, 0.5) is 10.1 Å². The molecule has 21 heavy (non-hydrogen) atoms. The number of nitrogens with zero attached hydrogens (tertiary/aromatic N) is 3. The number of rotatable bonds is 3. The molecule has 2 N–H and O–H groups in total. The third-order valence-electron chi connectivity index (χ3n) is 3.74. The number of amides is 1. The molecule has 3 rings (SSSR count). The molecule has 0 saturated carbocycles. The summed E-state index contributed by atoms with van der Waals surface area (Å²) in [4.78, 5) is 15.9. The smallest absolute Gasteiger partial charge is 0.229 e. The number of aromatic nitrogens is 3. The second-order valence-corrected chi connectivity index (χ2v) is 5.24. The van der Waals surface area contributed by atoms with E-state index in [0.717, 1.165) is 6.54 Å². The van der Waals surface area contributed by atoms with Crippen LogP contribution in [0.5, 0.6) is 0 Å². The van der Waals surface area contributed by atoms with Crippen molar-refractivity contribution >= 4 is 11.6 Å². The quantitative estimate of drug-likeness (QED) is 0.890. The molecular formula is C14H16FN5O. The van der Waals surface area contributed by atoms with E-state index in [1.54, 1.807) is 12.1 Å². The molecule has 1 fully saturated rings. The summed E-state index contributed by atoms with van der Waals surface area (Å²) in [6.45, 7) is 3.52. The Morgan fingerprint density at radius 3 is 2.95 bits per heavy atom. The van der Waals surface area contributed by atoms with Gasteiger partial charge < -0.3 is 10.6 Å². The minimum absolute atomic E-state index is 0.0805. The van der Waals surface area contributed by atoms with E-state index in [1.165, 1.54) is 23.4 Å². The molecule has 6 nitrogen and oxygen atoms in total. The molecule has 2 aromatic rings. The number of hydrogen-bond donors (Lipinski definition) is 2. The first-order chi connectivity index (χ1) is 10.1. The maximum absolute atomic E-state index is 14.1. The SMILES string of the molecule is C[C@@H]1CNC[C@H]1C(=O)Nc1ccc(-n2cncn2)c(F)c1. The highest BCUT2D eigenvalue weighted by Gasteiger charge is 2.29. The van der Waals surface area contributed by atoms with Crippen LogP contribution in [0.2, 0.25) is 0 Å². The van der Waals surface area contributed by atoms with Gasteiger partial charge in [-0.2, -0.15) is 5.10 Å². The molecule has 0 radical (unpaired) electrons. The lowest BCUT2D eigenvalue weighted by Gasteiger charge is -2.14. The monoisotopic (exact) mass is 289 g/mol. The fourth-order valence-electron chi connectivity index (χ4n) is 2.50. The predicted octanol–water partition coefficient (Wildman–Crippen LogP) is 1.20. The molecule has 7 heteroatoms. The summed E-state index contributed by atoms with van der Waals surface area (Å²) < 4.78 is 15.4. The first kappa shape index (κ1) is 13.7. The molecule has 0 unspecified atom stereocenters. The number of carbonyl (C=O) groups excluding carboxylic acids is 1. The first-order valence-electron chi connectivity index (χ1n) is 6.81. The summed E-state index contributed by atoms with van der Waals surface area (Å²) in [7, 11) is 0. The molecule has 1 aromatic heterocycles. The molecular weight excluding hydrogens is 273 g/mol. The third kappa shape index (κ3) is 2.78. The first-order valence-corrected chi connectivity index (χ1v) is 6.81. The van der Waals surface area contributed by atoms with Gasteiger partial charge >= 0.3 is 0 Å². The van der Waals surface area contributed by atoms with Crippen molar-refractivity contribution in [1.29, 1.82) is 0 Å². The number of nitrogens with one attached hydrogen (secondary N) is 2. The number of halogens is 1. The van der Waals surface area contributed by atoms with Gasteiger partial charge in [0.05, 0.1) is 5.92 Å². The highest BCUT2D eigenvalue weighted by atomic mass is 19.1. The van der Waals surface area contributed by atoms with Crippen LogP contribution in [0.1, 0.15) is 6.92 Å². The maximum Gasteiger partial charge on any atom is 0.229 e. The fourth-order valence-corrected chi connectivity index (χ4v) is 2.50. The zero-order valence-electron chi connectivity index (χ0n) is 11.6. The normalized spacial score (nSPS) is 21.4. The molecule has 1 aliphatic heterocycles. The van der Waals surface area contributed by atoms with E-state index < -0.39 is 5.82 Å². The van der Waals surface area contributed by atoms with Crippen molar-refractivity contribution in [1.82, 2.24) is 20.1 Å². The van der Waals surface area contributed by atoms with Crippen molar-refractivity contribution < 1.29 is 9.18 Å². The summed E-state index contributed by atoms with van der Waals surface area (Å²) in [5.41, 5.74) is 0.738. The topological polar surface area (TPSA) is 71.8 Å². The van der Waals surface area contributed by atoms with Crippen LogP contribution in [-0.4, -0.2) is 33.8 Å². The van der Waals surface area contributed by atoms with Crippen molar-refractivity contribution in [2.75, 3.05) is 18.4 Å². The van der Waals surface area contributed by atoms with Gasteiger partial charge in [0, 0.05) is 12.2 Å². The van der Waals surface area contributed by atoms with Crippen molar-refractivity contribution in [2.24, 2.45) is 11.8 Å². The minimum Gasteiger partial charge on any atom is -0.326 e. The Balaban J connectivity index is 1.75. The lowest BCUT2D eigenvalue weighted by atomic mass is 9.97. The Morgan fingerprint density at radius 2 is 2.33 bits per heavy atom. The van der Waals surface area contributed by atoms with Gasteiger partial charge in [0.1, 0.15) is 18.3 Å².